The van der Waals surface area contributed by atoms with Crippen LogP contribution in [-0.4, -0.2) is 24.8 Å². The van der Waals surface area contributed by atoms with E-state index >= 15 is 0 Å². The van der Waals surface area contributed by atoms with Gasteiger partial charge in [0.2, 0.25) is 0 Å². The summed E-state index contributed by atoms with van der Waals surface area (Å²) in [7, 11) is 1.63. The number of hydrogen-bond acceptors (Lipinski definition) is 3. The van der Waals surface area contributed by atoms with Gasteiger partial charge in [-0.1, -0.05) is 0 Å². The van der Waals surface area contributed by atoms with Gasteiger partial charge in [0.05, 0.1) is 12.2 Å². The quantitative estimate of drug-likeness (QED) is 0.682. The van der Waals surface area contributed by atoms with Gasteiger partial charge < -0.3 is 4.74 Å². The van der Waals surface area contributed by atoms with Crippen molar-refractivity contribution in [2.45, 2.75) is 44.4 Å². The van der Waals surface area contributed by atoms with Gasteiger partial charge in [-0.2, -0.15) is 5.26 Å². The van der Waals surface area contributed by atoms with Crippen LogP contribution in [0.1, 0.15) is 26.7 Å². The van der Waals surface area contributed by atoms with E-state index in [1.165, 1.54) is 12.8 Å². The summed E-state index contributed by atoms with van der Waals surface area (Å²) in [6.07, 6.45) is 2.31. The molecule has 2 atom stereocenters. The summed E-state index contributed by atoms with van der Waals surface area (Å²) < 4.78 is 5.15. The van der Waals surface area contributed by atoms with E-state index in [9.17, 15) is 0 Å². The minimum Gasteiger partial charge on any atom is -0.379 e. The molecule has 0 amide bonds. The molecule has 1 saturated carbocycles. The molecule has 1 aliphatic carbocycles. The zero-order valence-corrected chi connectivity index (χ0v) is 7.92. The lowest BCUT2D eigenvalue weighted by Gasteiger charge is -2.28. The highest BCUT2D eigenvalue weighted by Crippen LogP contribution is 2.24. The molecule has 0 saturated heterocycles. The van der Waals surface area contributed by atoms with Gasteiger partial charge in [-0.05, 0) is 26.7 Å². The van der Waals surface area contributed by atoms with E-state index in [1.54, 1.807) is 7.11 Å². The first kappa shape index (κ1) is 9.50. The van der Waals surface area contributed by atoms with Crippen molar-refractivity contribution in [2.24, 2.45) is 0 Å². The van der Waals surface area contributed by atoms with E-state index in [0.717, 1.165) is 0 Å². The van der Waals surface area contributed by atoms with Crippen molar-refractivity contribution in [3.63, 3.8) is 0 Å². The second-order valence-electron chi connectivity index (χ2n) is 3.61. The zero-order valence-electron chi connectivity index (χ0n) is 7.92. The van der Waals surface area contributed by atoms with E-state index in [4.69, 9.17) is 10.00 Å². The maximum atomic E-state index is 8.97. The third kappa shape index (κ3) is 1.96. The van der Waals surface area contributed by atoms with Crippen LogP contribution in [0.25, 0.3) is 0 Å². The molecule has 1 rings (SSSR count). The molecule has 0 aromatic heterocycles. The van der Waals surface area contributed by atoms with Gasteiger partial charge in [0.25, 0.3) is 0 Å². The molecule has 0 aromatic carbocycles. The Morgan fingerprint density at radius 2 is 2.25 bits per heavy atom. The Bertz CT molecular complexity index is 195. The molecular formula is C9H16N2O. The average Bonchev–Trinajstić information content (AvgIpc) is 2.86. The number of methoxy groups -OCH3 is 1. The second kappa shape index (κ2) is 3.42. The predicted octanol–water partition coefficient (Wildman–Crippen LogP) is 1.06. The maximum Gasteiger partial charge on any atom is 0.130 e. The lowest BCUT2D eigenvalue weighted by molar-refractivity contribution is 0.0617. The van der Waals surface area contributed by atoms with E-state index in [1.807, 2.05) is 13.8 Å². The van der Waals surface area contributed by atoms with Crippen molar-refractivity contribution in [1.82, 2.24) is 5.32 Å². The first-order valence-electron chi connectivity index (χ1n) is 4.34. The number of nitrogens with zero attached hydrogens (tertiary/aromatic N) is 1. The number of ether oxygens (including phenoxy) is 1. The average molecular weight is 168 g/mol. The van der Waals surface area contributed by atoms with Crippen LogP contribution in [0.3, 0.4) is 0 Å². The highest BCUT2D eigenvalue weighted by Gasteiger charge is 2.36. The fourth-order valence-corrected chi connectivity index (χ4v) is 1.13. The Kier molecular flexibility index (Phi) is 2.71. The van der Waals surface area contributed by atoms with Crippen LogP contribution in [0, 0.1) is 11.3 Å². The van der Waals surface area contributed by atoms with Gasteiger partial charge in [-0.15, -0.1) is 0 Å². The predicted molar refractivity (Wildman–Crippen MR) is 46.6 cm³/mol. The second-order valence-corrected chi connectivity index (χ2v) is 3.61. The summed E-state index contributed by atoms with van der Waals surface area (Å²) in [5.41, 5.74) is -0.532. The molecule has 0 radical (unpaired) electrons. The summed E-state index contributed by atoms with van der Waals surface area (Å²) in [6, 6.07) is 2.80. The van der Waals surface area contributed by atoms with Crippen LogP contribution >= 0.6 is 0 Å². The summed E-state index contributed by atoms with van der Waals surface area (Å²) in [6.45, 7) is 3.80. The van der Waals surface area contributed by atoms with Crippen molar-refractivity contribution in [3.05, 3.63) is 0 Å². The van der Waals surface area contributed by atoms with E-state index in [0.29, 0.717) is 6.04 Å². The molecule has 1 aliphatic rings. The van der Waals surface area contributed by atoms with E-state index in [-0.39, 0.29) is 6.10 Å². The molecule has 0 aromatic rings. The number of nitriles is 1. The normalized spacial score (nSPS) is 24.2. The Morgan fingerprint density at radius 1 is 1.67 bits per heavy atom. The molecule has 0 heterocycles. The molecule has 3 nitrogen and oxygen atoms in total. The van der Waals surface area contributed by atoms with Crippen molar-refractivity contribution < 1.29 is 4.74 Å². The molecule has 0 bridgehead atoms. The molecule has 68 valence electrons. The van der Waals surface area contributed by atoms with Crippen LogP contribution in [0.4, 0.5) is 0 Å². The minimum atomic E-state index is -0.532. The zero-order chi connectivity index (χ0) is 9.19. The van der Waals surface area contributed by atoms with Crippen LogP contribution in [0.15, 0.2) is 0 Å². The van der Waals surface area contributed by atoms with Gasteiger partial charge in [-0.3, -0.25) is 5.32 Å². The molecule has 1 fully saturated rings. The first-order chi connectivity index (χ1) is 5.62. The molecule has 2 unspecified atom stereocenters. The molecule has 12 heavy (non-hydrogen) atoms. The van der Waals surface area contributed by atoms with Crippen LogP contribution in [0.2, 0.25) is 0 Å². The largest absolute Gasteiger partial charge is 0.379 e. The highest BCUT2D eigenvalue weighted by molar-refractivity contribution is 5.10. The summed E-state index contributed by atoms with van der Waals surface area (Å²) in [4.78, 5) is 0. The Balaban J connectivity index is 2.54. The molecular weight excluding hydrogens is 152 g/mol. The molecule has 0 aliphatic heterocycles. The standard InChI is InChI=1S/C9H16N2O/c1-7(12-3)9(2,6-10)11-8-4-5-8/h7-8,11H,4-5H2,1-3H3. The monoisotopic (exact) mass is 168 g/mol. The number of hydrogen-bond donors (Lipinski definition) is 1. The highest BCUT2D eigenvalue weighted by atomic mass is 16.5. The minimum absolute atomic E-state index is 0.0666. The van der Waals surface area contributed by atoms with Crippen LogP contribution < -0.4 is 5.32 Å². The number of rotatable bonds is 4. The Labute approximate surface area is 73.7 Å². The number of nitrogens with one attached hydrogen (secondary N) is 1. The lowest BCUT2D eigenvalue weighted by atomic mass is 9.98. The van der Waals surface area contributed by atoms with Gasteiger partial charge in [0.1, 0.15) is 5.54 Å². The topological polar surface area (TPSA) is 45.0 Å². The first-order valence-corrected chi connectivity index (χ1v) is 4.34. The van der Waals surface area contributed by atoms with E-state index < -0.39 is 5.54 Å². The summed E-state index contributed by atoms with van der Waals surface area (Å²) in [5, 5.41) is 12.3. The fraction of sp³-hybridized carbons (Fsp3) is 0.889. The van der Waals surface area contributed by atoms with Crippen LogP contribution in [0.5, 0.6) is 0 Å². The molecule has 0 spiro atoms. The van der Waals surface area contributed by atoms with Gasteiger partial charge in [-0.25, -0.2) is 0 Å². The van der Waals surface area contributed by atoms with Gasteiger partial charge in [0.15, 0.2) is 0 Å². The Hall–Kier alpha value is -0.590. The van der Waals surface area contributed by atoms with E-state index in [2.05, 4.69) is 11.4 Å². The third-order valence-corrected chi connectivity index (χ3v) is 2.48. The van der Waals surface area contributed by atoms with Crippen molar-refractivity contribution in [2.75, 3.05) is 7.11 Å². The lowest BCUT2D eigenvalue weighted by Crippen LogP contribution is -2.51. The summed E-state index contributed by atoms with van der Waals surface area (Å²) in [5.74, 6) is 0. The van der Waals surface area contributed by atoms with Crippen molar-refractivity contribution in [1.29, 1.82) is 5.26 Å². The molecule has 1 N–H and O–H groups in total. The fourth-order valence-electron chi connectivity index (χ4n) is 1.13. The molecule has 3 heteroatoms. The Morgan fingerprint density at radius 3 is 2.58 bits per heavy atom. The van der Waals surface area contributed by atoms with Crippen LogP contribution in [-0.2, 0) is 4.74 Å². The smallest absolute Gasteiger partial charge is 0.130 e. The van der Waals surface area contributed by atoms with Crippen molar-refractivity contribution >= 4 is 0 Å². The van der Waals surface area contributed by atoms with Gasteiger partial charge in [0, 0.05) is 13.2 Å². The van der Waals surface area contributed by atoms with Gasteiger partial charge >= 0.3 is 0 Å². The third-order valence-electron chi connectivity index (χ3n) is 2.48. The maximum absolute atomic E-state index is 8.97. The SMILES string of the molecule is COC(C)C(C)(C#N)NC1CC1. The van der Waals surface area contributed by atoms with Crippen molar-refractivity contribution in [3.8, 4) is 6.07 Å². The summed E-state index contributed by atoms with van der Waals surface area (Å²) >= 11 is 0.